The molecular formula is C22H22N2O4. The number of aromatic carboxylic acids is 1. The number of carboxylic acids is 1. The van der Waals surface area contributed by atoms with E-state index in [0.717, 1.165) is 5.56 Å². The van der Waals surface area contributed by atoms with Gasteiger partial charge in [0, 0.05) is 11.3 Å². The third kappa shape index (κ3) is 3.53. The van der Waals surface area contributed by atoms with E-state index in [4.69, 9.17) is 9.84 Å². The zero-order valence-corrected chi connectivity index (χ0v) is 16.3. The summed E-state index contributed by atoms with van der Waals surface area (Å²) in [6, 6.07) is 14.5. The minimum absolute atomic E-state index is 0.192. The summed E-state index contributed by atoms with van der Waals surface area (Å²) >= 11 is 0. The summed E-state index contributed by atoms with van der Waals surface area (Å²) in [6.07, 6.45) is 0. The number of carbonyl (C=O) groups is 2. The number of hydrogen-bond donors (Lipinski definition) is 1. The van der Waals surface area contributed by atoms with Crippen LogP contribution in [0.1, 0.15) is 51.9 Å². The van der Waals surface area contributed by atoms with Crippen LogP contribution in [0.4, 0.5) is 0 Å². The average molecular weight is 378 g/mol. The number of benzene rings is 2. The topological polar surface area (TPSA) is 81.4 Å². The van der Waals surface area contributed by atoms with Crippen molar-refractivity contribution in [2.24, 2.45) is 0 Å². The molecule has 0 bridgehead atoms. The van der Waals surface area contributed by atoms with Crippen LogP contribution in [0.25, 0.3) is 17.1 Å². The SMILES string of the molecule is COC(=O)c1nc(-c2ccc(C(C)C)cc2)n(-c2ccc(C(=O)O)cc2)c1C. The number of carboxylic acid groups (broad SMARTS) is 1. The Morgan fingerprint density at radius 1 is 1.04 bits per heavy atom. The second-order valence-corrected chi connectivity index (χ2v) is 6.83. The van der Waals surface area contributed by atoms with Gasteiger partial charge < -0.3 is 9.84 Å². The Bertz CT molecular complexity index is 1020. The first-order chi connectivity index (χ1) is 13.3. The molecule has 0 aliphatic rings. The summed E-state index contributed by atoms with van der Waals surface area (Å²) in [4.78, 5) is 27.8. The van der Waals surface area contributed by atoms with Crippen LogP contribution in [0.15, 0.2) is 48.5 Å². The molecule has 1 N–H and O–H groups in total. The van der Waals surface area contributed by atoms with Crippen molar-refractivity contribution in [2.45, 2.75) is 26.7 Å². The Balaban J connectivity index is 2.18. The zero-order chi connectivity index (χ0) is 20.4. The minimum atomic E-state index is -0.992. The van der Waals surface area contributed by atoms with Crippen LogP contribution in [-0.2, 0) is 4.74 Å². The van der Waals surface area contributed by atoms with Gasteiger partial charge in [0.2, 0.25) is 0 Å². The van der Waals surface area contributed by atoms with Crippen molar-refractivity contribution in [1.82, 2.24) is 9.55 Å². The van der Waals surface area contributed by atoms with E-state index in [1.165, 1.54) is 24.8 Å². The Hall–Kier alpha value is -3.41. The van der Waals surface area contributed by atoms with Crippen LogP contribution in [0.2, 0.25) is 0 Å². The first-order valence-electron chi connectivity index (χ1n) is 8.95. The van der Waals surface area contributed by atoms with Gasteiger partial charge in [-0.1, -0.05) is 38.1 Å². The average Bonchev–Trinajstić information content (AvgIpc) is 3.04. The molecule has 0 aliphatic heterocycles. The summed E-state index contributed by atoms with van der Waals surface area (Å²) in [5.41, 5.74) is 3.82. The monoisotopic (exact) mass is 378 g/mol. The molecule has 1 aromatic heterocycles. The van der Waals surface area contributed by atoms with Gasteiger partial charge in [-0.25, -0.2) is 14.6 Å². The number of nitrogens with zero attached hydrogens (tertiary/aromatic N) is 2. The summed E-state index contributed by atoms with van der Waals surface area (Å²) in [5, 5.41) is 9.13. The molecular weight excluding hydrogens is 356 g/mol. The predicted molar refractivity (Wildman–Crippen MR) is 106 cm³/mol. The van der Waals surface area contributed by atoms with Gasteiger partial charge in [0.1, 0.15) is 5.82 Å². The molecule has 0 unspecified atom stereocenters. The molecule has 0 aliphatic carbocycles. The van der Waals surface area contributed by atoms with E-state index in [9.17, 15) is 9.59 Å². The summed E-state index contributed by atoms with van der Waals surface area (Å²) < 4.78 is 6.70. The van der Waals surface area contributed by atoms with Crippen LogP contribution in [0.3, 0.4) is 0 Å². The van der Waals surface area contributed by atoms with Crippen molar-refractivity contribution in [3.8, 4) is 17.1 Å². The Kier molecular flexibility index (Phi) is 5.31. The van der Waals surface area contributed by atoms with Gasteiger partial charge in [0.25, 0.3) is 0 Å². The minimum Gasteiger partial charge on any atom is -0.478 e. The molecule has 0 spiro atoms. The molecule has 6 nitrogen and oxygen atoms in total. The van der Waals surface area contributed by atoms with E-state index >= 15 is 0 Å². The summed E-state index contributed by atoms with van der Waals surface area (Å²) in [5.74, 6) is -0.506. The fourth-order valence-electron chi connectivity index (χ4n) is 3.07. The summed E-state index contributed by atoms with van der Waals surface area (Å²) in [7, 11) is 1.32. The fraction of sp³-hybridized carbons (Fsp3) is 0.227. The third-order valence-corrected chi connectivity index (χ3v) is 4.69. The van der Waals surface area contributed by atoms with Gasteiger partial charge in [-0.15, -0.1) is 0 Å². The number of carbonyl (C=O) groups excluding carboxylic acids is 1. The van der Waals surface area contributed by atoms with E-state index in [2.05, 4.69) is 18.8 Å². The molecule has 0 saturated carbocycles. The molecule has 0 atom stereocenters. The third-order valence-electron chi connectivity index (χ3n) is 4.69. The molecule has 0 fully saturated rings. The molecule has 28 heavy (non-hydrogen) atoms. The van der Waals surface area contributed by atoms with Crippen LogP contribution in [0.5, 0.6) is 0 Å². The number of hydrogen-bond acceptors (Lipinski definition) is 4. The maximum Gasteiger partial charge on any atom is 0.358 e. The number of imidazole rings is 1. The molecule has 1 heterocycles. The molecule has 3 aromatic rings. The van der Waals surface area contributed by atoms with Crippen molar-refractivity contribution in [2.75, 3.05) is 7.11 Å². The van der Waals surface area contributed by atoms with Crippen LogP contribution in [-0.4, -0.2) is 33.7 Å². The zero-order valence-electron chi connectivity index (χ0n) is 16.3. The second kappa shape index (κ2) is 7.68. The van der Waals surface area contributed by atoms with E-state index in [0.29, 0.717) is 23.1 Å². The van der Waals surface area contributed by atoms with E-state index in [-0.39, 0.29) is 11.3 Å². The second-order valence-electron chi connectivity index (χ2n) is 6.83. The quantitative estimate of drug-likeness (QED) is 0.663. The van der Waals surface area contributed by atoms with E-state index in [1.807, 2.05) is 28.8 Å². The van der Waals surface area contributed by atoms with Crippen LogP contribution in [0, 0.1) is 6.92 Å². The number of aromatic nitrogens is 2. The van der Waals surface area contributed by atoms with Crippen LogP contribution < -0.4 is 0 Å². The Morgan fingerprint density at radius 2 is 1.64 bits per heavy atom. The Labute approximate surface area is 163 Å². The first kappa shape index (κ1) is 19.4. The first-order valence-corrected chi connectivity index (χ1v) is 8.95. The molecule has 144 valence electrons. The van der Waals surface area contributed by atoms with Crippen molar-refractivity contribution < 1.29 is 19.4 Å². The normalized spacial score (nSPS) is 10.9. The van der Waals surface area contributed by atoms with Crippen molar-refractivity contribution >= 4 is 11.9 Å². The van der Waals surface area contributed by atoms with Crippen molar-refractivity contribution in [3.63, 3.8) is 0 Å². The number of esters is 1. The largest absolute Gasteiger partial charge is 0.478 e. The van der Waals surface area contributed by atoms with Gasteiger partial charge in [-0.05, 0) is 42.7 Å². The molecule has 3 rings (SSSR count). The standard InChI is InChI=1S/C22H22N2O4/c1-13(2)15-5-7-16(8-6-15)20-23-19(22(27)28-4)14(3)24(20)18-11-9-17(10-12-18)21(25)26/h5-13H,1-4H3,(H,25,26). The van der Waals surface area contributed by atoms with E-state index in [1.54, 1.807) is 19.1 Å². The van der Waals surface area contributed by atoms with Gasteiger partial charge in [0.05, 0.1) is 18.4 Å². The van der Waals surface area contributed by atoms with Crippen LogP contribution >= 0.6 is 0 Å². The highest BCUT2D eigenvalue weighted by atomic mass is 16.5. The summed E-state index contributed by atoms with van der Waals surface area (Å²) in [6.45, 7) is 6.04. The number of ether oxygens (including phenoxy) is 1. The lowest BCUT2D eigenvalue weighted by Gasteiger charge is -2.12. The maximum atomic E-state index is 12.2. The lowest BCUT2D eigenvalue weighted by atomic mass is 10.0. The number of methoxy groups -OCH3 is 1. The van der Waals surface area contributed by atoms with Gasteiger partial charge in [-0.3, -0.25) is 4.57 Å². The lowest BCUT2D eigenvalue weighted by Crippen LogP contribution is -2.05. The van der Waals surface area contributed by atoms with Gasteiger partial charge in [-0.2, -0.15) is 0 Å². The molecule has 0 amide bonds. The van der Waals surface area contributed by atoms with Gasteiger partial charge in [0.15, 0.2) is 5.69 Å². The molecule has 0 radical (unpaired) electrons. The molecule has 2 aromatic carbocycles. The Morgan fingerprint density at radius 3 is 2.14 bits per heavy atom. The number of rotatable bonds is 5. The highest BCUT2D eigenvalue weighted by Gasteiger charge is 2.22. The van der Waals surface area contributed by atoms with Crippen molar-refractivity contribution in [3.05, 3.63) is 71.0 Å². The maximum absolute atomic E-state index is 12.2. The highest BCUT2D eigenvalue weighted by molar-refractivity contribution is 5.90. The lowest BCUT2D eigenvalue weighted by molar-refractivity contribution is 0.0593. The smallest absolute Gasteiger partial charge is 0.358 e. The molecule has 0 saturated heterocycles. The van der Waals surface area contributed by atoms with E-state index < -0.39 is 11.9 Å². The molecule has 6 heteroatoms. The highest BCUT2D eigenvalue weighted by Crippen LogP contribution is 2.28. The van der Waals surface area contributed by atoms with Crippen molar-refractivity contribution in [1.29, 1.82) is 0 Å². The van der Waals surface area contributed by atoms with Gasteiger partial charge >= 0.3 is 11.9 Å². The predicted octanol–water partition coefficient (Wildman–Crippen LogP) is 4.46. The fourth-order valence-corrected chi connectivity index (χ4v) is 3.07.